The molecule has 0 spiro atoms. The van der Waals surface area contributed by atoms with Gasteiger partial charge in [0.1, 0.15) is 5.75 Å². The summed E-state index contributed by atoms with van der Waals surface area (Å²) < 4.78 is 5.99. The van der Waals surface area contributed by atoms with Gasteiger partial charge in [-0.2, -0.15) is 0 Å². The fraction of sp³-hybridized carbons (Fsp3) is 0.158. The lowest BCUT2D eigenvalue weighted by atomic mass is 10.2. The number of rotatable bonds is 4. The van der Waals surface area contributed by atoms with Crippen LogP contribution < -0.4 is 9.64 Å². The Kier molecular flexibility index (Phi) is 5.02. The second kappa shape index (κ2) is 7.20. The van der Waals surface area contributed by atoms with Crippen molar-refractivity contribution in [1.29, 1.82) is 0 Å². The highest BCUT2D eigenvalue weighted by Gasteiger charge is 2.33. The lowest BCUT2D eigenvalue weighted by Gasteiger charge is -2.14. The molecule has 5 heteroatoms. The molecule has 1 aliphatic heterocycles. The minimum absolute atomic E-state index is 0.0792. The van der Waals surface area contributed by atoms with Gasteiger partial charge in [-0.25, -0.2) is 0 Å². The van der Waals surface area contributed by atoms with Gasteiger partial charge in [-0.3, -0.25) is 9.69 Å². The molecule has 2 aromatic carbocycles. The molecule has 2 aromatic rings. The maximum atomic E-state index is 12.7. The third kappa shape index (κ3) is 3.52. The first-order valence-electron chi connectivity index (χ1n) is 7.66. The summed E-state index contributed by atoms with van der Waals surface area (Å²) in [6.45, 7) is 4.58. The third-order valence-corrected chi connectivity index (χ3v) is 4.84. The Hall–Kier alpha value is -2.11. The van der Waals surface area contributed by atoms with Crippen LogP contribution in [0.3, 0.4) is 0 Å². The molecule has 0 unspecified atom stereocenters. The van der Waals surface area contributed by atoms with Crippen LogP contribution in [0, 0.1) is 6.92 Å². The Labute approximate surface area is 151 Å². The predicted octanol–water partition coefficient (Wildman–Crippen LogP) is 4.80. The maximum absolute atomic E-state index is 12.7. The number of aryl methyl sites for hydroxylation is 1. The summed E-state index contributed by atoms with van der Waals surface area (Å²) in [6, 6.07) is 15.5. The molecule has 1 fully saturated rings. The molecule has 3 nitrogen and oxygen atoms in total. The number of thiocarbonyl (C=S) groups is 1. The zero-order valence-corrected chi connectivity index (χ0v) is 15.1. The van der Waals surface area contributed by atoms with Gasteiger partial charge in [0, 0.05) is 0 Å². The highest BCUT2D eigenvalue weighted by Crippen LogP contribution is 2.36. The number of ether oxygens (including phenoxy) is 1. The van der Waals surface area contributed by atoms with Crippen LogP contribution in [0.5, 0.6) is 5.75 Å². The van der Waals surface area contributed by atoms with Crippen molar-refractivity contribution >= 4 is 46.0 Å². The lowest BCUT2D eigenvalue weighted by molar-refractivity contribution is -0.113. The van der Waals surface area contributed by atoms with Gasteiger partial charge < -0.3 is 4.74 Å². The Morgan fingerprint density at radius 2 is 1.96 bits per heavy atom. The van der Waals surface area contributed by atoms with Gasteiger partial charge in [0.15, 0.2) is 4.32 Å². The smallest absolute Gasteiger partial charge is 0.270 e. The van der Waals surface area contributed by atoms with E-state index in [9.17, 15) is 4.79 Å². The summed E-state index contributed by atoms with van der Waals surface area (Å²) in [4.78, 5) is 14.9. The average Bonchev–Trinajstić information content (AvgIpc) is 2.83. The van der Waals surface area contributed by atoms with Gasteiger partial charge in [-0.1, -0.05) is 48.2 Å². The van der Waals surface area contributed by atoms with Crippen LogP contribution >= 0.6 is 24.0 Å². The molecule has 1 saturated heterocycles. The van der Waals surface area contributed by atoms with E-state index in [0.717, 1.165) is 22.6 Å². The number of nitrogens with zero attached hydrogens (tertiary/aromatic N) is 1. The standard InChI is InChI=1S/C19H17NO2S2/c1-3-22-16-9-7-14(8-10-16)12-17-18(21)20(19(23)24-17)15-6-4-5-13(2)11-15/h4-12H,3H2,1-2H3. The Bertz CT molecular complexity index is 812. The Balaban J connectivity index is 1.85. The number of hydrogen-bond donors (Lipinski definition) is 0. The quantitative estimate of drug-likeness (QED) is 0.582. The molecule has 1 amide bonds. The summed E-state index contributed by atoms with van der Waals surface area (Å²) in [5.41, 5.74) is 2.85. The molecule has 1 heterocycles. The fourth-order valence-electron chi connectivity index (χ4n) is 2.44. The van der Waals surface area contributed by atoms with Gasteiger partial charge in [-0.05, 0) is 55.3 Å². The number of hydrogen-bond acceptors (Lipinski definition) is 4. The van der Waals surface area contributed by atoms with Crippen LogP contribution in [0.4, 0.5) is 5.69 Å². The van der Waals surface area contributed by atoms with Crippen molar-refractivity contribution in [1.82, 2.24) is 0 Å². The highest BCUT2D eigenvalue weighted by molar-refractivity contribution is 8.27. The van der Waals surface area contributed by atoms with Gasteiger partial charge in [0.25, 0.3) is 5.91 Å². The van der Waals surface area contributed by atoms with Crippen molar-refractivity contribution in [3.05, 3.63) is 64.6 Å². The van der Waals surface area contributed by atoms with Crippen LogP contribution in [0.1, 0.15) is 18.1 Å². The summed E-state index contributed by atoms with van der Waals surface area (Å²) in [6.07, 6.45) is 1.87. The summed E-state index contributed by atoms with van der Waals surface area (Å²) >= 11 is 6.73. The molecule has 0 saturated carbocycles. The van der Waals surface area contributed by atoms with Gasteiger partial charge >= 0.3 is 0 Å². The van der Waals surface area contributed by atoms with Gasteiger partial charge in [0.05, 0.1) is 17.2 Å². The monoisotopic (exact) mass is 355 g/mol. The molecule has 0 bridgehead atoms. The fourth-order valence-corrected chi connectivity index (χ4v) is 3.73. The van der Waals surface area contributed by atoms with E-state index in [-0.39, 0.29) is 5.91 Å². The molecule has 0 aliphatic carbocycles. The second-order valence-electron chi connectivity index (χ2n) is 5.36. The Morgan fingerprint density at radius 3 is 2.62 bits per heavy atom. The maximum Gasteiger partial charge on any atom is 0.270 e. The minimum atomic E-state index is -0.0792. The molecule has 1 aliphatic rings. The summed E-state index contributed by atoms with van der Waals surface area (Å²) in [5.74, 6) is 0.742. The molecule has 122 valence electrons. The average molecular weight is 355 g/mol. The van der Waals surface area contributed by atoms with E-state index in [1.807, 2.05) is 68.5 Å². The van der Waals surface area contributed by atoms with Crippen molar-refractivity contribution < 1.29 is 9.53 Å². The van der Waals surface area contributed by atoms with E-state index < -0.39 is 0 Å². The lowest BCUT2D eigenvalue weighted by Crippen LogP contribution is -2.27. The zero-order valence-electron chi connectivity index (χ0n) is 13.5. The SMILES string of the molecule is CCOc1ccc(C=C2SC(=S)N(c3cccc(C)c3)C2=O)cc1. The number of anilines is 1. The number of benzene rings is 2. The number of thioether (sulfide) groups is 1. The van der Waals surface area contributed by atoms with Crippen molar-refractivity contribution in [3.63, 3.8) is 0 Å². The summed E-state index contributed by atoms with van der Waals surface area (Å²) in [5, 5.41) is 0. The highest BCUT2D eigenvalue weighted by atomic mass is 32.2. The number of amides is 1. The van der Waals surface area contributed by atoms with Crippen LogP contribution in [0.15, 0.2) is 53.4 Å². The first-order chi connectivity index (χ1) is 11.6. The van der Waals surface area contributed by atoms with E-state index in [1.165, 1.54) is 11.8 Å². The molecular weight excluding hydrogens is 338 g/mol. The van der Waals surface area contributed by atoms with E-state index in [1.54, 1.807) is 4.90 Å². The van der Waals surface area contributed by atoms with Gasteiger partial charge in [-0.15, -0.1) is 0 Å². The van der Waals surface area contributed by atoms with E-state index in [0.29, 0.717) is 15.8 Å². The molecule has 3 rings (SSSR count). The zero-order chi connectivity index (χ0) is 17.1. The van der Waals surface area contributed by atoms with Crippen LogP contribution in [0.2, 0.25) is 0 Å². The largest absolute Gasteiger partial charge is 0.494 e. The summed E-state index contributed by atoms with van der Waals surface area (Å²) in [7, 11) is 0. The van der Waals surface area contributed by atoms with Crippen molar-refractivity contribution in [2.24, 2.45) is 0 Å². The predicted molar refractivity (Wildman–Crippen MR) is 104 cm³/mol. The van der Waals surface area contributed by atoms with E-state index in [4.69, 9.17) is 17.0 Å². The second-order valence-corrected chi connectivity index (χ2v) is 7.03. The first-order valence-corrected chi connectivity index (χ1v) is 8.88. The molecule has 0 atom stereocenters. The van der Waals surface area contributed by atoms with Crippen LogP contribution in [-0.4, -0.2) is 16.8 Å². The van der Waals surface area contributed by atoms with Crippen molar-refractivity contribution in [3.8, 4) is 5.75 Å². The molecule has 0 aromatic heterocycles. The van der Waals surface area contributed by atoms with Gasteiger partial charge in [0.2, 0.25) is 0 Å². The molecular formula is C19H17NO2S2. The minimum Gasteiger partial charge on any atom is -0.494 e. The van der Waals surface area contributed by atoms with E-state index >= 15 is 0 Å². The normalized spacial score (nSPS) is 16.1. The number of carbonyl (C=O) groups excluding carboxylic acids is 1. The molecule has 24 heavy (non-hydrogen) atoms. The van der Waals surface area contributed by atoms with E-state index in [2.05, 4.69) is 0 Å². The van der Waals surface area contributed by atoms with Crippen molar-refractivity contribution in [2.45, 2.75) is 13.8 Å². The third-order valence-electron chi connectivity index (χ3n) is 3.54. The molecule has 0 radical (unpaired) electrons. The Morgan fingerprint density at radius 1 is 1.21 bits per heavy atom. The topological polar surface area (TPSA) is 29.5 Å². The number of carbonyl (C=O) groups is 1. The first kappa shape index (κ1) is 16.7. The van der Waals surface area contributed by atoms with Crippen molar-refractivity contribution in [2.75, 3.05) is 11.5 Å². The van der Waals surface area contributed by atoms with Crippen LogP contribution in [0.25, 0.3) is 6.08 Å². The van der Waals surface area contributed by atoms with Crippen LogP contribution in [-0.2, 0) is 4.79 Å². The molecule has 0 N–H and O–H groups in total.